The Hall–Kier alpha value is -5.81. The second-order valence-corrected chi connectivity index (χ2v) is 10.9. The van der Waals surface area contributed by atoms with Crippen LogP contribution in [-0.4, -0.2) is 21.8 Å². The van der Waals surface area contributed by atoms with Crippen LogP contribution in [0.3, 0.4) is 0 Å². The van der Waals surface area contributed by atoms with Crippen molar-refractivity contribution in [3.63, 3.8) is 0 Å². The van der Waals surface area contributed by atoms with Gasteiger partial charge < -0.3 is 4.81 Å². The van der Waals surface area contributed by atoms with Crippen molar-refractivity contribution in [1.29, 1.82) is 0 Å². The van der Waals surface area contributed by atoms with Gasteiger partial charge in [0.2, 0.25) is 5.95 Å². The van der Waals surface area contributed by atoms with Crippen LogP contribution in [-0.2, 0) is 0 Å². The van der Waals surface area contributed by atoms with Gasteiger partial charge in [0, 0.05) is 22.4 Å². The third kappa shape index (κ3) is 4.65. The van der Waals surface area contributed by atoms with Crippen LogP contribution < -0.4 is 15.7 Å². The molecule has 1 aliphatic heterocycles. The Labute approximate surface area is 257 Å². The van der Waals surface area contributed by atoms with Gasteiger partial charge in [-0.1, -0.05) is 157 Å². The van der Waals surface area contributed by atoms with Crippen molar-refractivity contribution in [3.05, 3.63) is 164 Å². The van der Waals surface area contributed by atoms with Gasteiger partial charge in [0.15, 0.2) is 11.6 Å². The van der Waals surface area contributed by atoms with E-state index >= 15 is 0 Å². The van der Waals surface area contributed by atoms with Gasteiger partial charge in [0.25, 0.3) is 0 Å². The lowest BCUT2D eigenvalue weighted by Crippen LogP contribution is -2.57. The number of para-hydroxylation sites is 1. The Morgan fingerprint density at radius 2 is 0.955 bits per heavy atom. The predicted molar refractivity (Wildman–Crippen MR) is 182 cm³/mol. The molecule has 4 nitrogen and oxygen atoms in total. The molecule has 0 amide bonds. The molecule has 1 aromatic heterocycles. The number of hydrogen-bond donors (Lipinski definition) is 0. The molecule has 0 bridgehead atoms. The van der Waals surface area contributed by atoms with Gasteiger partial charge >= 0.3 is 6.85 Å². The van der Waals surface area contributed by atoms with Crippen molar-refractivity contribution in [2.24, 2.45) is 0 Å². The molecule has 0 aliphatic carbocycles. The highest BCUT2D eigenvalue weighted by atomic mass is 15.2. The maximum atomic E-state index is 5.24. The second kappa shape index (κ2) is 11.1. The van der Waals surface area contributed by atoms with Crippen LogP contribution in [0.2, 0.25) is 0 Å². The Bertz CT molecular complexity index is 2080. The van der Waals surface area contributed by atoms with Gasteiger partial charge in [-0.25, -0.2) is 4.98 Å². The number of aromatic nitrogens is 3. The highest BCUT2D eigenvalue weighted by Crippen LogP contribution is 2.39. The second-order valence-electron chi connectivity index (χ2n) is 10.9. The maximum Gasteiger partial charge on any atom is 0.331 e. The van der Waals surface area contributed by atoms with Crippen LogP contribution in [0, 0.1) is 0 Å². The molecule has 8 rings (SSSR count). The summed E-state index contributed by atoms with van der Waals surface area (Å²) in [6.45, 7) is -0.128. The number of rotatable bonds is 5. The summed E-state index contributed by atoms with van der Waals surface area (Å²) in [6.07, 6.45) is 0. The Morgan fingerprint density at radius 3 is 1.70 bits per heavy atom. The molecule has 2 heterocycles. The topological polar surface area (TPSA) is 41.9 Å². The van der Waals surface area contributed by atoms with Crippen LogP contribution in [0.15, 0.2) is 164 Å². The Morgan fingerprint density at radius 1 is 0.409 bits per heavy atom. The zero-order chi connectivity index (χ0) is 29.3. The van der Waals surface area contributed by atoms with Gasteiger partial charge in [0.05, 0.1) is 0 Å². The Balaban J connectivity index is 1.38. The zero-order valence-corrected chi connectivity index (χ0v) is 24.0. The third-order valence-electron chi connectivity index (χ3n) is 8.18. The fourth-order valence-electron chi connectivity index (χ4n) is 6.14. The molecule has 0 N–H and O–H groups in total. The molecule has 1 aliphatic rings. The summed E-state index contributed by atoms with van der Waals surface area (Å²) in [4.78, 5) is 17.8. The SMILES string of the molecule is c1ccc(B2c3ccccc3-c3ccccc3N2c2nc(-c3ccccc3)nc(-c3cccc(-c4ccccc4)c3)n2)cc1. The van der Waals surface area contributed by atoms with Gasteiger partial charge in [-0.3, -0.25) is 0 Å². The molecule has 0 atom stereocenters. The van der Waals surface area contributed by atoms with Crippen molar-refractivity contribution in [2.45, 2.75) is 0 Å². The Kier molecular flexibility index (Phi) is 6.54. The molecule has 0 unspecified atom stereocenters. The van der Waals surface area contributed by atoms with Crippen LogP contribution in [0.4, 0.5) is 11.6 Å². The first-order valence-corrected chi connectivity index (χ1v) is 14.8. The van der Waals surface area contributed by atoms with E-state index in [2.05, 4.69) is 144 Å². The highest BCUT2D eigenvalue weighted by molar-refractivity contribution is 6.90. The number of nitrogens with zero attached hydrogens (tertiary/aromatic N) is 4. The molecular weight excluding hydrogens is 535 g/mol. The standard InChI is InChI=1S/C39H27BN4/c1-4-15-28(16-5-1)30-19-14-20-31(27-30)38-41-37(29-17-6-2-7-18-29)42-39(43-38)44-36-26-13-11-24-34(36)33-23-10-12-25-35(33)40(44)32-21-8-3-9-22-32/h1-27H. The van der Waals surface area contributed by atoms with Crippen molar-refractivity contribution in [1.82, 2.24) is 15.0 Å². The molecule has 5 heteroatoms. The number of anilines is 2. The normalized spacial score (nSPS) is 12.0. The van der Waals surface area contributed by atoms with Gasteiger partial charge in [-0.15, -0.1) is 0 Å². The smallest absolute Gasteiger partial charge is 0.331 e. The molecular formula is C39H27BN4. The first kappa shape index (κ1) is 25.9. The molecule has 6 aromatic carbocycles. The first-order chi connectivity index (χ1) is 21.8. The molecule has 7 aromatic rings. The number of benzene rings is 6. The van der Waals surface area contributed by atoms with E-state index in [1.54, 1.807) is 0 Å². The van der Waals surface area contributed by atoms with E-state index in [0.29, 0.717) is 17.6 Å². The summed E-state index contributed by atoms with van der Waals surface area (Å²) in [5.74, 6) is 1.88. The average Bonchev–Trinajstić information content (AvgIpc) is 3.12. The van der Waals surface area contributed by atoms with Crippen molar-refractivity contribution >= 4 is 29.4 Å². The summed E-state index contributed by atoms with van der Waals surface area (Å²) in [5.41, 5.74) is 9.98. The third-order valence-corrected chi connectivity index (χ3v) is 8.18. The largest absolute Gasteiger partial charge is 0.345 e. The summed E-state index contributed by atoms with van der Waals surface area (Å²) in [6, 6.07) is 56.8. The lowest BCUT2D eigenvalue weighted by Gasteiger charge is -2.37. The lowest BCUT2D eigenvalue weighted by atomic mass is 9.46. The van der Waals surface area contributed by atoms with Crippen LogP contribution >= 0.6 is 0 Å². The van der Waals surface area contributed by atoms with E-state index in [1.165, 1.54) is 16.5 Å². The molecule has 0 spiro atoms. The number of hydrogen-bond acceptors (Lipinski definition) is 4. The van der Waals surface area contributed by atoms with E-state index in [1.807, 2.05) is 24.3 Å². The quantitative estimate of drug-likeness (QED) is 0.201. The van der Waals surface area contributed by atoms with Gasteiger partial charge in [0.1, 0.15) is 0 Å². The van der Waals surface area contributed by atoms with Gasteiger partial charge in [-0.2, -0.15) is 9.97 Å². The fourth-order valence-corrected chi connectivity index (χ4v) is 6.14. The predicted octanol–water partition coefficient (Wildman–Crippen LogP) is 7.80. The van der Waals surface area contributed by atoms with Crippen LogP contribution in [0.5, 0.6) is 0 Å². The molecule has 0 saturated carbocycles. The summed E-state index contributed by atoms with van der Waals surface area (Å²) in [7, 11) is 0. The fraction of sp³-hybridized carbons (Fsp3) is 0. The number of fused-ring (bicyclic) bond motifs is 3. The van der Waals surface area contributed by atoms with Crippen LogP contribution in [0.25, 0.3) is 45.0 Å². The van der Waals surface area contributed by atoms with E-state index in [9.17, 15) is 0 Å². The monoisotopic (exact) mass is 562 g/mol. The summed E-state index contributed by atoms with van der Waals surface area (Å²) in [5, 5.41) is 0. The minimum absolute atomic E-state index is 0.128. The van der Waals surface area contributed by atoms with Crippen molar-refractivity contribution in [3.8, 4) is 45.0 Å². The molecule has 206 valence electrons. The molecule has 0 fully saturated rings. The van der Waals surface area contributed by atoms with E-state index < -0.39 is 0 Å². The van der Waals surface area contributed by atoms with Crippen LogP contribution in [0.1, 0.15) is 0 Å². The average molecular weight is 562 g/mol. The molecule has 0 radical (unpaired) electrons. The van der Waals surface area contributed by atoms with Crippen molar-refractivity contribution < 1.29 is 0 Å². The summed E-state index contributed by atoms with van der Waals surface area (Å²) >= 11 is 0. The van der Waals surface area contributed by atoms with Gasteiger partial charge in [-0.05, 0) is 34.3 Å². The van der Waals surface area contributed by atoms with E-state index in [-0.39, 0.29) is 6.85 Å². The molecule has 44 heavy (non-hydrogen) atoms. The first-order valence-electron chi connectivity index (χ1n) is 14.8. The van der Waals surface area contributed by atoms with Crippen molar-refractivity contribution in [2.75, 3.05) is 4.81 Å². The maximum absolute atomic E-state index is 5.24. The van der Waals surface area contributed by atoms with E-state index in [4.69, 9.17) is 15.0 Å². The minimum Gasteiger partial charge on any atom is -0.345 e. The highest BCUT2D eigenvalue weighted by Gasteiger charge is 2.38. The summed E-state index contributed by atoms with van der Waals surface area (Å²) < 4.78 is 0. The van der Waals surface area contributed by atoms with E-state index in [0.717, 1.165) is 33.5 Å². The molecule has 0 saturated heterocycles. The zero-order valence-electron chi connectivity index (χ0n) is 24.0. The minimum atomic E-state index is -0.128. The lowest BCUT2D eigenvalue weighted by molar-refractivity contribution is 1.04.